The maximum absolute atomic E-state index is 13.3. The Bertz CT molecular complexity index is 617. The molecule has 0 spiro atoms. The summed E-state index contributed by atoms with van der Waals surface area (Å²) in [6.07, 6.45) is 2.76. The summed E-state index contributed by atoms with van der Waals surface area (Å²) in [5, 5.41) is 0. The molecule has 20 heavy (non-hydrogen) atoms. The van der Waals surface area contributed by atoms with Crippen LogP contribution in [0.25, 0.3) is 0 Å². The number of fused-ring (bicyclic) bond motifs is 1. The van der Waals surface area contributed by atoms with Gasteiger partial charge in [-0.25, -0.2) is 12.8 Å². The van der Waals surface area contributed by atoms with Crippen LogP contribution in [0.15, 0.2) is 23.1 Å². The van der Waals surface area contributed by atoms with Gasteiger partial charge < -0.3 is 4.74 Å². The lowest BCUT2D eigenvalue weighted by molar-refractivity contribution is -0.0241. The number of ether oxygens (including phenoxy) is 1. The van der Waals surface area contributed by atoms with Gasteiger partial charge in [0, 0.05) is 6.54 Å². The van der Waals surface area contributed by atoms with E-state index in [4.69, 9.17) is 4.74 Å². The highest BCUT2D eigenvalue weighted by Gasteiger charge is 2.42. The third-order valence-corrected chi connectivity index (χ3v) is 6.09. The number of halogens is 1. The van der Waals surface area contributed by atoms with E-state index in [9.17, 15) is 12.8 Å². The summed E-state index contributed by atoms with van der Waals surface area (Å²) in [5.74, 6) is -0.385. The Labute approximate surface area is 118 Å². The Morgan fingerprint density at radius 1 is 1.35 bits per heavy atom. The molecule has 110 valence electrons. The molecular weight excluding hydrogens is 281 g/mol. The van der Waals surface area contributed by atoms with E-state index >= 15 is 0 Å². The molecule has 1 heterocycles. The van der Waals surface area contributed by atoms with E-state index in [0.717, 1.165) is 19.3 Å². The number of hydrogen-bond donors (Lipinski definition) is 0. The number of morpholine rings is 1. The molecule has 2 fully saturated rings. The predicted molar refractivity (Wildman–Crippen MR) is 72.4 cm³/mol. The molecule has 0 bridgehead atoms. The van der Waals surface area contributed by atoms with Gasteiger partial charge in [-0.2, -0.15) is 4.31 Å². The number of rotatable bonds is 2. The van der Waals surface area contributed by atoms with Crippen LogP contribution in [0.4, 0.5) is 4.39 Å². The van der Waals surface area contributed by atoms with Crippen molar-refractivity contribution < 1.29 is 17.5 Å². The summed E-state index contributed by atoms with van der Waals surface area (Å²) in [7, 11) is -3.57. The van der Waals surface area contributed by atoms with Crippen LogP contribution in [0, 0.1) is 12.7 Å². The van der Waals surface area contributed by atoms with Gasteiger partial charge in [0.25, 0.3) is 0 Å². The first-order chi connectivity index (χ1) is 9.50. The molecule has 2 unspecified atom stereocenters. The number of aryl methyl sites for hydroxylation is 1. The molecule has 4 nitrogen and oxygen atoms in total. The predicted octanol–water partition coefficient (Wildman–Crippen LogP) is 2.08. The maximum atomic E-state index is 13.3. The molecule has 0 radical (unpaired) electrons. The topological polar surface area (TPSA) is 46.6 Å². The van der Waals surface area contributed by atoms with Crippen molar-refractivity contribution in [3.63, 3.8) is 0 Å². The Kier molecular flexibility index (Phi) is 3.56. The molecule has 1 aliphatic heterocycles. The molecule has 3 rings (SSSR count). The minimum absolute atomic E-state index is 0.0140. The van der Waals surface area contributed by atoms with E-state index < -0.39 is 10.0 Å². The number of benzene rings is 1. The molecule has 1 aliphatic carbocycles. The molecule has 0 amide bonds. The van der Waals surface area contributed by atoms with Gasteiger partial charge in [0.2, 0.25) is 10.0 Å². The summed E-state index contributed by atoms with van der Waals surface area (Å²) in [6.45, 7) is 2.38. The van der Waals surface area contributed by atoms with Crippen molar-refractivity contribution in [1.29, 1.82) is 0 Å². The van der Waals surface area contributed by atoms with E-state index in [-0.39, 0.29) is 22.9 Å². The highest BCUT2D eigenvalue weighted by atomic mass is 32.2. The largest absolute Gasteiger partial charge is 0.375 e. The quantitative estimate of drug-likeness (QED) is 0.840. The fraction of sp³-hybridized carbons (Fsp3) is 0.571. The van der Waals surface area contributed by atoms with Crippen molar-refractivity contribution in [1.82, 2.24) is 4.31 Å². The fourth-order valence-electron chi connectivity index (χ4n) is 3.10. The SMILES string of the molecule is Cc1cc(S(=O)(=O)N2CCOC3CCCC32)ccc1F. The lowest BCUT2D eigenvalue weighted by atomic mass is 10.2. The highest BCUT2D eigenvalue weighted by Crippen LogP contribution is 2.33. The fourth-order valence-corrected chi connectivity index (χ4v) is 4.85. The average molecular weight is 299 g/mol. The van der Waals surface area contributed by atoms with Gasteiger partial charge in [-0.3, -0.25) is 0 Å². The molecular formula is C14H18FNO3S. The van der Waals surface area contributed by atoms with Crippen molar-refractivity contribution in [2.75, 3.05) is 13.2 Å². The second-order valence-electron chi connectivity index (χ2n) is 5.43. The summed E-state index contributed by atoms with van der Waals surface area (Å²) in [6, 6.07) is 3.90. The smallest absolute Gasteiger partial charge is 0.243 e. The van der Waals surface area contributed by atoms with Gasteiger partial charge in [-0.15, -0.1) is 0 Å². The molecule has 1 aromatic carbocycles. The van der Waals surface area contributed by atoms with Crippen LogP contribution in [-0.2, 0) is 14.8 Å². The van der Waals surface area contributed by atoms with Crippen molar-refractivity contribution in [2.24, 2.45) is 0 Å². The first kappa shape index (κ1) is 14.0. The monoisotopic (exact) mass is 299 g/mol. The zero-order valence-corrected chi connectivity index (χ0v) is 12.2. The number of sulfonamides is 1. The first-order valence-corrected chi connectivity index (χ1v) is 8.34. The summed E-state index contributed by atoms with van der Waals surface area (Å²) in [5.41, 5.74) is 0.349. The summed E-state index contributed by atoms with van der Waals surface area (Å²) in [4.78, 5) is 0.170. The Hall–Kier alpha value is -0.980. The normalized spacial score (nSPS) is 27.5. The molecule has 1 saturated heterocycles. The molecule has 0 N–H and O–H groups in total. The van der Waals surface area contributed by atoms with Gasteiger partial charge >= 0.3 is 0 Å². The molecule has 1 aromatic rings. The molecule has 2 atom stereocenters. The van der Waals surface area contributed by atoms with Crippen molar-refractivity contribution >= 4 is 10.0 Å². The van der Waals surface area contributed by atoms with Gasteiger partial charge in [0.15, 0.2) is 0 Å². The number of hydrogen-bond acceptors (Lipinski definition) is 3. The third-order valence-electron chi connectivity index (χ3n) is 4.17. The van der Waals surface area contributed by atoms with Crippen LogP contribution in [0.1, 0.15) is 24.8 Å². The van der Waals surface area contributed by atoms with Crippen molar-refractivity contribution in [3.8, 4) is 0 Å². The minimum atomic E-state index is -3.57. The van der Waals surface area contributed by atoms with Crippen LogP contribution >= 0.6 is 0 Å². The second kappa shape index (κ2) is 5.09. The lowest BCUT2D eigenvalue weighted by Gasteiger charge is -2.36. The number of nitrogens with zero attached hydrogens (tertiary/aromatic N) is 1. The van der Waals surface area contributed by atoms with Crippen molar-refractivity contribution in [2.45, 2.75) is 43.2 Å². The Morgan fingerprint density at radius 2 is 2.15 bits per heavy atom. The van der Waals surface area contributed by atoms with E-state index in [0.29, 0.717) is 18.7 Å². The van der Waals surface area contributed by atoms with Gasteiger partial charge in [0.1, 0.15) is 5.82 Å². The molecule has 1 saturated carbocycles. The summed E-state index contributed by atoms with van der Waals surface area (Å²) >= 11 is 0. The lowest BCUT2D eigenvalue weighted by Crippen LogP contribution is -2.51. The zero-order valence-electron chi connectivity index (χ0n) is 11.4. The molecule has 2 aliphatic rings. The first-order valence-electron chi connectivity index (χ1n) is 6.90. The van der Waals surface area contributed by atoms with Crippen LogP contribution in [0.3, 0.4) is 0 Å². The van der Waals surface area contributed by atoms with E-state index in [2.05, 4.69) is 0 Å². The van der Waals surface area contributed by atoms with Crippen LogP contribution in [-0.4, -0.2) is 38.0 Å². The van der Waals surface area contributed by atoms with Crippen LogP contribution in [0.2, 0.25) is 0 Å². The summed E-state index contributed by atoms with van der Waals surface area (Å²) < 4.78 is 46.0. The Balaban J connectivity index is 1.96. The van der Waals surface area contributed by atoms with Gasteiger partial charge in [0.05, 0.1) is 23.6 Å². The maximum Gasteiger partial charge on any atom is 0.243 e. The Morgan fingerprint density at radius 3 is 2.90 bits per heavy atom. The molecule has 6 heteroatoms. The standard InChI is InChI=1S/C14H18FNO3S/c1-10-9-11(5-6-12(10)15)20(17,18)16-7-8-19-14-4-2-3-13(14)16/h5-6,9,13-14H,2-4,7-8H2,1H3. The van der Waals surface area contributed by atoms with Crippen LogP contribution < -0.4 is 0 Å². The molecule has 0 aromatic heterocycles. The van der Waals surface area contributed by atoms with Crippen LogP contribution in [0.5, 0.6) is 0 Å². The van der Waals surface area contributed by atoms with E-state index in [1.807, 2.05) is 0 Å². The van der Waals surface area contributed by atoms with Crippen molar-refractivity contribution in [3.05, 3.63) is 29.6 Å². The highest BCUT2D eigenvalue weighted by molar-refractivity contribution is 7.89. The second-order valence-corrected chi connectivity index (χ2v) is 7.32. The minimum Gasteiger partial charge on any atom is -0.375 e. The van der Waals surface area contributed by atoms with E-state index in [1.54, 1.807) is 11.2 Å². The average Bonchev–Trinajstić information content (AvgIpc) is 2.89. The zero-order chi connectivity index (χ0) is 14.3. The van der Waals surface area contributed by atoms with E-state index in [1.165, 1.54) is 18.2 Å². The van der Waals surface area contributed by atoms with Gasteiger partial charge in [-0.05, 0) is 49.9 Å². The third kappa shape index (κ3) is 2.25. The van der Waals surface area contributed by atoms with Gasteiger partial charge in [-0.1, -0.05) is 0 Å².